The van der Waals surface area contributed by atoms with E-state index in [9.17, 15) is 0 Å². The largest absolute Gasteiger partial charge is 0.477 e. The van der Waals surface area contributed by atoms with E-state index in [1.165, 1.54) is 12.8 Å². The van der Waals surface area contributed by atoms with E-state index in [2.05, 4.69) is 36.1 Å². The second-order valence-corrected chi connectivity index (χ2v) is 6.23. The van der Waals surface area contributed by atoms with Crippen LogP contribution in [0, 0.1) is 6.92 Å². The molecule has 0 saturated heterocycles. The molecular formula is C16H27N3O2. The average molecular weight is 293 g/mol. The molecule has 5 nitrogen and oxygen atoms in total. The lowest BCUT2D eigenvalue weighted by Gasteiger charge is -2.23. The van der Waals surface area contributed by atoms with Crippen LogP contribution in [0.15, 0.2) is 0 Å². The zero-order chi connectivity index (χ0) is 15.5. The SMILES string of the molecule is CCNc1nc(C2CC2)nc(OCCC(C)(C)OC)c1C. The minimum Gasteiger partial charge on any atom is -0.477 e. The van der Waals surface area contributed by atoms with Gasteiger partial charge < -0.3 is 14.8 Å². The van der Waals surface area contributed by atoms with Gasteiger partial charge in [0.2, 0.25) is 5.88 Å². The van der Waals surface area contributed by atoms with Crippen LogP contribution in [-0.2, 0) is 4.74 Å². The number of hydrogen-bond acceptors (Lipinski definition) is 5. The summed E-state index contributed by atoms with van der Waals surface area (Å²) in [6.07, 6.45) is 3.19. The van der Waals surface area contributed by atoms with E-state index in [0.717, 1.165) is 30.2 Å². The molecule has 5 heteroatoms. The van der Waals surface area contributed by atoms with Crippen molar-refractivity contribution in [3.05, 3.63) is 11.4 Å². The van der Waals surface area contributed by atoms with E-state index in [4.69, 9.17) is 9.47 Å². The van der Waals surface area contributed by atoms with Crippen LogP contribution < -0.4 is 10.1 Å². The third-order valence-electron chi connectivity index (χ3n) is 3.90. The summed E-state index contributed by atoms with van der Waals surface area (Å²) in [5, 5.41) is 3.30. The number of ether oxygens (including phenoxy) is 2. The summed E-state index contributed by atoms with van der Waals surface area (Å²) in [5.41, 5.74) is 0.807. The highest BCUT2D eigenvalue weighted by Gasteiger charge is 2.28. The van der Waals surface area contributed by atoms with Gasteiger partial charge in [0, 0.05) is 26.0 Å². The standard InChI is InChI=1S/C16H27N3O2/c1-6-17-13-11(2)15(19-14(18-13)12-7-8-12)21-10-9-16(3,4)20-5/h12H,6-10H2,1-5H3,(H,17,18,19). The van der Waals surface area contributed by atoms with Gasteiger partial charge in [0.25, 0.3) is 0 Å². The molecule has 1 aromatic rings. The van der Waals surface area contributed by atoms with Gasteiger partial charge in [0.05, 0.1) is 17.8 Å². The van der Waals surface area contributed by atoms with Gasteiger partial charge >= 0.3 is 0 Å². The highest BCUT2D eigenvalue weighted by Crippen LogP contribution is 2.40. The molecule has 1 fully saturated rings. The lowest BCUT2D eigenvalue weighted by molar-refractivity contribution is 0.00500. The van der Waals surface area contributed by atoms with Crippen LogP contribution in [0.1, 0.15) is 57.3 Å². The number of hydrogen-bond donors (Lipinski definition) is 1. The number of anilines is 1. The summed E-state index contributed by atoms with van der Waals surface area (Å²) in [7, 11) is 1.73. The number of rotatable bonds is 8. The molecule has 0 amide bonds. The maximum Gasteiger partial charge on any atom is 0.221 e. The van der Waals surface area contributed by atoms with Crippen molar-refractivity contribution in [1.29, 1.82) is 0 Å². The average Bonchev–Trinajstić information content (AvgIpc) is 3.27. The maximum absolute atomic E-state index is 5.91. The fourth-order valence-electron chi connectivity index (χ4n) is 2.01. The molecule has 0 spiro atoms. The van der Waals surface area contributed by atoms with Crippen molar-refractivity contribution in [3.8, 4) is 5.88 Å². The van der Waals surface area contributed by atoms with Gasteiger partial charge in [0.15, 0.2) is 0 Å². The summed E-state index contributed by atoms with van der Waals surface area (Å²) < 4.78 is 11.3. The maximum atomic E-state index is 5.91. The fraction of sp³-hybridized carbons (Fsp3) is 0.750. The predicted molar refractivity (Wildman–Crippen MR) is 84.1 cm³/mol. The predicted octanol–water partition coefficient (Wildman–Crippen LogP) is 3.29. The van der Waals surface area contributed by atoms with Crippen LogP contribution in [0.2, 0.25) is 0 Å². The number of methoxy groups -OCH3 is 1. The van der Waals surface area contributed by atoms with Crippen LogP contribution >= 0.6 is 0 Å². The second kappa shape index (κ2) is 6.60. The smallest absolute Gasteiger partial charge is 0.221 e. The van der Waals surface area contributed by atoms with E-state index in [1.54, 1.807) is 7.11 Å². The fourth-order valence-corrected chi connectivity index (χ4v) is 2.01. The second-order valence-electron chi connectivity index (χ2n) is 6.23. The van der Waals surface area contributed by atoms with Crippen LogP contribution in [0.5, 0.6) is 5.88 Å². The van der Waals surface area contributed by atoms with Gasteiger partial charge in [0.1, 0.15) is 11.6 Å². The summed E-state index contributed by atoms with van der Waals surface area (Å²) in [6, 6.07) is 0. The summed E-state index contributed by atoms with van der Waals surface area (Å²) in [5.74, 6) is 3.03. The monoisotopic (exact) mass is 293 g/mol. The van der Waals surface area contributed by atoms with Gasteiger partial charge in [-0.2, -0.15) is 4.98 Å². The molecule has 0 aliphatic heterocycles. The third-order valence-corrected chi connectivity index (χ3v) is 3.90. The first-order chi connectivity index (χ1) is 9.96. The van der Waals surface area contributed by atoms with E-state index < -0.39 is 0 Å². The van der Waals surface area contributed by atoms with E-state index >= 15 is 0 Å². The molecular weight excluding hydrogens is 266 g/mol. The summed E-state index contributed by atoms with van der Waals surface area (Å²) in [6.45, 7) is 9.63. The van der Waals surface area contributed by atoms with Crippen LogP contribution in [-0.4, -0.2) is 35.8 Å². The molecule has 1 saturated carbocycles. The minimum absolute atomic E-state index is 0.176. The Balaban J connectivity index is 2.09. The van der Waals surface area contributed by atoms with E-state index in [1.807, 2.05) is 6.92 Å². The molecule has 0 radical (unpaired) electrons. The van der Waals surface area contributed by atoms with Gasteiger partial charge in [-0.25, -0.2) is 4.98 Å². The molecule has 1 aliphatic rings. The first-order valence-electron chi connectivity index (χ1n) is 7.77. The zero-order valence-corrected chi connectivity index (χ0v) is 13.8. The Morgan fingerprint density at radius 3 is 2.57 bits per heavy atom. The van der Waals surface area contributed by atoms with E-state index in [-0.39, 0.29) is 5.60 Å². The van der Waals surface area contributed by atoms with Crippen molar-refractivity contribution in [3.63, 3.8) is 0 Å². The Hall–Kier alpha value is -1.36. The van der Waals surface area contributed by atoms with Gasteiger partial charge in [-0.05, 0) is 40.5 Å². The summed E-state index contributed by atoms with van der Waals surface area (Å²) >= 11 is 0. The highest BCUT2D eigenvalue weighted by atomic mass is 16.5. The highest BCUT2D eigenvalue weighted by molar-refractivity contribution is 5.49. The van der Waals surface area contributed by atoms with Crippen LogP contribution in [0.3, 0.4) is 0 Å². The van der Waals surface area contributed by atoms with Crippen molar-refractivity contribution < 1.29 is 9.47 Å². The Kier molecular flexibility index (Phi) is 5.04. The van der Waals surface area contributed by atoms with E-state index in [0.29, 0.717) is 18.4 Å². The van der Waals surface area contributed by atoms with Crippen molar-refractivity contribution in [2.24, 2.45) is 0 Å². The molecule has 118 valence electrons. The van der Waals surface area contributed by atoms with Gasteiger partial charge in [-0.3, -0.25) is 0 Å². The van der Waals surface area contributed by atoms with Crippen molar-refractivity contribution in [2.75, 3.05) is 25.6 Å². The van der Waals surface area contributed by atoms with Gasteiger partial charge in [-0.15, -0.1) is 0 Å². The van der Waals surface area contributed by atoms with Crippen molar-refractivity contribution in [1.82, 2.24) is 9.97 Å². The lowest BCUT2D eigenvalue weighted by Crippen LogP contribution is -2.25. The van der Waals surface area contributed by atoms with Crippen LogP contribution in [0.25, 0.3) is 0 Å². The Labute approximate surface area is 127 Å². The topological polar surface area (TPSA) is 56.3 Å². The molecule has 0 bridgehead atoms. The minimum atomic E-state index is -0.176. The first kappa shape index (κ1) is 16.0. The molecule has 2 rings (SSSR count). The molecule has 1 N–H and O–H groups in total. The number of nitrogens with zero attached hydrogens (tertiary/aromatic N) is 2. The van der Waals surface area contributed by atoms with Gasteiger partial charge in [-0.1, -0.05) is 0 Å². The zero-order valence-electron chi connectivity index (χ0n) is 13.8. The Bertz CT molecular complexity index is 485. The quantitative estimate of drug-likeness (QED) is 0.797. The molecule has 0 atom stereocenters. The van der Waals surface area contributed by atoms with Crippen molar-refractivity contribution >= 4 is 5.82 Å². The Morgan fingerprint density at radius 2 is 2.00 bits per heavy atom. The molecule has 1 heterocycles. The first-order valence-corrected chi connectivity index (χ1v) is 7.77. The number of nitrogens with one attached hydrogen (secondary N) is 1. The van der Waals surface area contributed by atoms with Crippen LogP contribution in [0.4, 0.5) is 5.82 Å². The van der Waals surface area contributed by atoms with Crippen molar-refractivity contribution in [2.45, 2.75) is 58.5 Å². The number of aromatic nitrogens is 2. The molecule has 0 aromatic carbocycles. The third kappa shape index (κ3) is 4.30. The molecule has 21 heavy (non-hydrogen) atoms. The lowest BCUT2D eigenvalue weighted by atomic mass is 10.1. The normalized spacial score (nSPS) is 15.1. The molecule has 0 unspecified atom stereocenters. The molecule has 1 aliphatic carbocycles. The Morgan fingerprint density at radius 1 is 1.29 bits per heavy atom. The molecule has 1 aromatic heterocycles. The summed E-state index contributed by atoms with van der Waals surface area (Å²) in [4.78, 5) is 9.24.